The van der Waals surface area contributed by atoms with Crippen LogP contribution < -0.4 is 13.9 Å². The summed E-state index contributed by atoms with van der Waals surface area (Å²) in [5.74, 6) is 0.819. The highest BCUT2D eigenvalue weighted by molar-refractivity contribution is 7.94. The number of hydrogen-bond acceptors (Lipinski definition) is 7. The molecule has 1 saturated heterocycles. The molecule has 0 saturated carbocycles. The molecule has 0 amide bonds. The smallest absolute Gasteiger partial charge is 0.323 e. The van der Waals surface area contributed by atoms with Gasteiger partial charge in [0.05, 0.1) is 47.7 Å². The minimum Gasteiger partial charge on any atom is -0.378 e. The van der Waals surface area contributed by atoms with Crippen molar-refractivity contribution in [3.8, 4) is 11.3 Å². The van der Waals surface area contributed by atoms with Gasteiger partial charge in [0.25, 0.3) is 0 Å². The molecule has 2 aliphatic rings. The van der Waals surface area contributed by atoms with E-state index in [1.165, 1.54) is 4.31 Å². The third-order valence-electron chi connectivity index (χ3n) is 7.36. The molecular weight excluding hydrogens is 514 g/mol. The normalized spacial score (nSPS) is 16.5. The Bertz CT molecular complexity index is 1830. The fourth-order valence-electron chi connectivity index (χ4n) is 5.22. The largest absolute Gasteiger partial charge is 0.378 e. The van der Waals surface area contributed by atoms with Gasteiger partial charge in [-0.1, -0.05) is 30.3 Å². The van der Waals surface area contributed by atoms with E-state index in [-0.39, 0.29) is 0 Å². The molecule has 5 aromatic rings. The first-order valence-corrected chi connectivity index (χ1v) is 14.4. The molecule has 2 aromatic carbocycles. The van der Waals surface area contributed by atoms with Gasteiger partial charge >= 0.3 is 10.2 Å². The molecule has 198 valence electrons. The Morgan fingerprint density at radius 1 is 0.974 bits per heavy atom. The Balaban J connectivity index is 1.27. The van der Waals surface area contributed by atoms with Crippen LogP contribution in [0.1, 0.15) is 11.4 Å². The third kappa shape index (κ3) is 4.23. The van der Waals surface area contributed by atoms with Crippen molar-refractivity contribution in [2.75, 3.05) is 47.3 Å². The lowest BCUT2D eigenvalue weighted by Gasteiger charge is -2.28. The quantitative estimate of drug-likeness (QED) is 0.362. The lowest BCUT2D eigenvalue weighted by Crippen LogP contribution is -2.37. The number of hydrogen-bond donors (Lipinski definition) is 1. The van der Waals surface area contributed by atoms with Gasteiger partial charge in [0.2, 0.25) is 0 Å². The van der Waals surface area contributed by atoms with E-state index in [1.54, 1.807) is 13.1 Å². The Kier molecular flexibility index (Phi) is 5.64. The van der Waals surface area contributed by atoms with Crippen molar-refractivity contribution in [3.63, 3.8) is 0 Å². The first kappa shape index (κ1) is 23.9. The predicted octanol–water partition coefficient (Wildman–Crippen LogP) is 3.67. The molecule has 3 aromatic heterocycles. The number of nitrogens with one attached hydrogen (secondary N) is 1. The molecule has 11 heteroatoms. The highest BCUT2D eigenvalue weighted by Gasteiger charge is 2.30. The number of morpholine rings is 1. The maximum absolute atomic E-state index is 12.3. The Morgan fingerprint density at radius 2 is 1.79 bits per heavy atom. The second-order valence-corrected chi connectivity index (χ2v) is 11.5. The lowest BCUT2D eigenvalue weighted by molar-refractivity contribution is 0.122. The molecule has 1 N–H and O–H groups in total. The van der Waals surface area contributed by atoms with Crippen LogP contribution in [0, 0.1) is 0 Å². The van der Waals surface area contributed by atoms with Crippen LogP contribution in [0.2, 0.25) is 0 Å². The average Bonchev–Trinajstić information content (AvgIpc) is 3.49. The Hall–Kier alpha value is -4.22. The molecule has 10 nitrogen and oxygen atoms in total. The van der Waals surface area contributed by atoms with E-state index >= 15 is 0 Å². The third-order valence-corrected chi connectivity index (χ3v) is 8.76. The first-order valence-electron chi connectivity index (χ1n) is 12.9. The van der Waals surface area contributed by atoms with Gasteiger partial charge < -0.3 is 9.64 Å². The number of anilines is 3. The Morgan fingerprint density at radius 3 is 2.67 bits per heavy atom. The topological polar surface area (TPSA) is 105 Å². The maximum Gasteiger partial charge on any atom is 0.323 e. The zero-order valence-corrected chi connectivity index (χ0v) is 22.2. The first-order chi connectivity index (χ1) is 19.0. The van der Waals surface area contributed by atoms with Gasteiger partial charge in [-0.15, -0.1) is 0 Å². The number of aryl methyl sites for hydroxylation is 2. The molecule has 0 radical (unpaired) electrons. The molecule has 0 aliphatic carbocycles. The van der Waals surface area contributed by atoms with Gasteiger partial charge in [0.1, 0.15) is 0 Å². The molecule has 2 aliphatic heterocycles. The molecule has 1 fully saturated rings. The van der Waals surface area contributed by atoms with Crippen LogP contribution in [-0.4, -0.2) is 61.1 Å². The number of pyridine rings is 1. The summed E-state index contributed by atoms with van der Waals surface area (Å²) in [5, 5.41) is 1.13. The average molecular weight is 542 g/mol. The summed E-state index contributed by atoms with van der Waals surface area (Å²) in [7, 11) is -2.02. The number of ether oxygens (including phenoxy) is 1. The number of fused-ring (bicyclic) bond motifs is 3. The highest BCUT2D eigenvalue weighted by Crippen LogP contribution is 2.38. The van der Waals surface area contributed by atoms with Crippen LogP contribution in [0.5, 0.6) is 0 Å². The fraction of sp³-hybridized carbons (Fsp3) is 0.250. The van der Waals surface area contributed by atoms with Gasteiger partial charge in [0, 0.05) is 43.0 Å². The summed E-state index contributed by atoms with van der Waals surface area (Å²) in [4.78, 5) is 16.9. The highest BCUT2D eigenvalue weighted by atomic mass is 32.2. The SMILES string of the molecule is CN1c2cc(-c3cnc(N4CCOCC4)c4nc(CCc5ccc6ccccc6n5)cn34)ccc2NS1(=O)=O. The van der Waals surface area contributed by atoms with Crippen molar-refractivity contribution in [3.05, 3.63) is 78.4 Å². The van der Waals surface area contributed by atoms with Crippen molar-refractivity contribution in [1.29, 1.82) is 0 Å². The van der Waals surface area contributed by atoms with Crippen molar-refractivity contribution in [2.45, 2.75) is 12.8 Å². The number of imidazole rings is 1. The van der Waals surface area contributed by atoms with Crippen LogP contribution in [0.15, 0.2) is 67.0 Å². The summed E-state index contributed by atoms with van der Waals surface area (Å²) < 4.78 is 36.1. The molecule has 0 atom stereocenters. The van der Waals surface area contributed by atoms with Gasteiger partial charge in [-0.2, -0.15) is 8.42 Å². The zero-order chi connectivity index (χ0) is 26.6. The standard InChI is InChI=1S/C28H27N7O3S/c1-33-25-16-20(7-11-24(25)32-39(33,36)37)26-17-29-27(34-12-14-38-15-13-34)28-31-22(18-35(26)28)10-9-21-8-6-19-4-2-3-5-23(19)30-21/h2-8,11,16-18,32H,9-10,12-15H2,1H3. The molecule has 0 bridgehead atoms. The number of para-hydroxylation sites is 1. The number of aromatic nitrogens is 4. The van der Waals surface area contributed by atoms with E-state index in [2.05, 4.69) is 38.4 Å². The summed E-state index contributed by atoms with van der Waals surface area (Å²) in [6.45, 7) is 2.79. The van der Waals surface area contributed by atoms with Gasteiger partial charge in [-0.25, -0.2) is 9.97 Å². The fourth-order valence-corrected chi connectivity index (χ4v) is 6.22. The second kappa shape index (κ2) is 9.21. The number of nitrogens with zero attached hydrogens (tertiary/aromatic N) is 6. The summed E-state index contributed by atoms with van der Waals surface area (Å²) in [6, 6.07) is 17.9. The van der Waals surface area contributed by atoms with E-state index in [0.29, 0.717) is 24.6 Å². The van der Waals surface area contributed by atoms with E-state index in [0.717, 1.165) is 70.9 Å². The number of rotatable bonds is 5. The summed E-state index contributed by atoms with van der Waals surface area (Å²) >= 11 is 0. The lowest BCUT2D eigenvalue weighted by atomic mass is 10.1. The van der Waals surface area contributed by atoms with Crippen molar-refractivity contribution < 1.29 is 13.2 Å². The Labute approximate surface area is 226 Å². The molecule has 5 heterocycles. The summed E-state index contributed by atoms with van der Waals surface area (Å²) in [6.07, 6.45) is 5.39. The van der Waals surface area contributed by atoms with Gasteiger partial charge in [-0.05, 0) is 37.1 Å². The van der Waals surface area contributed by atoms with Crippen LogP contribution >= 0.6 is 0 Å². The second-order valence-electron chi connectivity index (χ2n) is 9.79. The molecule has 0 unspecified atom stereocenters. The maximum atomic E-state index is 12.3. The van der Waals surface area contributed by atoms with Crippen LogP contribution in [0.4, 0.5) is 17.2 Å². The minimum absolute atomic E-state index is 0.560. The minimum atomic E-state index is -3.57. The zero-order valence-electron chi connectivity index (χ0n) is 21.4. The predicted molar refractivity (Wildman–Crippen MR) is 152 cm³/mol. The van der Waals surface area contributed by atoms with Crippen molar-refractivity contribution in [1.82, 2.24) is 19.4 Å². The van der Waals surface area contributed by atoms with Crippen LogP contribution in [0.3, 0.4) is 0 Å². The van der Waals surface area contributed by atoms with Crippen molar-refractivity contribution >= 4 is 44.0 Å². The van der Waals surface area contributed by atoms with E-state index < -0.39 is 10.2 Å². The molecular formula is C28H27N7O3S. The van der Waals surface area contributed by atoms with E-state index in [4.69, 9.17) is 19.7 Å². The van der Waals surface area contributed by atoms with Gasteiger partial charge in [0.15, 0.2) is 11.5 Å². The van der Waals surface area contributed by atoms with Crippen molar-refractivity contribution in [2.24, 2.45) is 0 Å². The van der Waals surface area contributed by atoms with E-state index in [1.807, 2.05) is 36.5 Å². The van der Waals surface area contributed by atoms with Gasteiger partial charge in [-0.3, -0.25) is 18.4 Å². The van der Waals surface area contributed by atoms with E-state index in [9.17, 15) is 8.42 Å². The van der Waals surface area contributed by atoms with Crippen LogP contribution in [-0.2, 0) is 27.8 Å². The monoisotopic (exact) mass is 541 g/mol. The number of benzene rings is 2. The van der Waals surface area contributed by atoms with Crippen LogP contribution in [0.25, 0.3) is 27.8 Å². The molecule has 0 spiro atoms. The molecule has 7 rings (SSSR count). The molecule has 39 heavy (non-hydrogen) atoms. The summed E-state index contributed by atoms with van der Waals surface area (Å²) in [5.41, 5.74) is 6.57.